The molecule has 0 aliphatic carbocycles. The lowest BCUT2D eigenvalue weighted by Crippen LogP contribution is -2.36. The highest BCUT2D eigenvalue weighted by Crippen LogP contribution is 2.33. The van der Waals surface area contributed by atoms with Gasteiger partial charge >= 0.3 is 11.9 Å². The maximum atomic E-state index is 12.9. The van der Waals surface area contributed by atoms with Crippen LogP contribution in [0.25, 0.3) is 0 Å². The van der Waals surface area contributed by atoms with Crippen molar-refractivity contribution in [2.45, 2.75) is 129 Å². The van der Waals surface area contributed by atoms with Gasteiger partial charge in [0.05, 0.1) is 35.9 Å². The van der Waals surface area contributed by atoms with Crippen LogP contribution in [-0.4, -0.2) is 97.9 Å². The number of anilines is 2. The number of ether oxygens (including phenoxy) is 4. The summed E-state index contributed by atoms with van der Waals surface area (Å²) in [6.07, 6.45) is -1.13. The molecule has 15 nitrogen and oxygen atoms in total. The lowest BCUT2D eigenvalue weighted by molar-refractivity contribution is -0.153. The Morgan fingerprint density at radius 2 is 1.16 bits per heavy atom. The highest BCUT2D eigenvalue weighted by atomic mass is 35.5. The zero-order chi connectivity index (χ0) is 46.1. The SMILES string of the molecule is CC(Cl)Cl.Cc1cc(C)c2c(c1)NC(=O)C[C@@H]1OC(C)(C)O[C@@H]1C(=O)/C=C\[C@@H](C)[C@H](C)OC2=O.Cc1cc(O)c2c(c1)NC(=O)C[C@H](O)[C@H](O)C(=O)/C=C\[C@@H](C)[C@H](C)OC2=O. The first-order valence-electron chi connectivity index (χ1n) is 19.7. The van der Waals surface area contributed by atoms with Crippen molar-refractivity contribution in [3.8, 4) is 5.75 Å². The van der Waals surface area contributed by atoms with Gasteiger partial charge in [0.2, 0.25) is 11.8 Å². The van der Waals surface area contributed by atoms with Gasteiger partial charge in [-0.1, -0.05) is 32.1 Å². The Bertz CT molecular complexity index is 2030. The van der Waals surface area contributed by atoms with Crippen molar-refractivity contribution in [1.29, 1.82) is 0 Å². The number of ketones is 2. The van der Waals surface area contributed by atoms with Crippen molar-refractivity contribution < 1.29 is 63.0 Å². The molecule has 0 radical (unpaired) electrons. The molecule has 5 N–H and O–H groups in total. The van der Waals surface area contributed by atoms with Crippen LogP contribution in [0.15, 0.2) is 48.6 Å². The number of phenols is 1. The molecule has 5 rings (SSSR count). The van der Waals surface area contributed by atoms with Crippen LogP contribution in [-0.2, 0) is 38.1 Å². The fourth-order valence-electron chi connectivity index (χ4n) is 6.39. The molecule has 334 valence electrons. The van der Waals surface area contributed by atoms with E-state index in [-0.39, 0.29) is 51.8 Å². The third-order valence-corrected chi connectivity index (χ3v) is 9.79. The van der Waals surface area contributed by atoms with Crippen molar-refractivity contribution in [3.05, 3.63) is 76.4 Å². The number of aryl methyl sites for hydroxylation is 3. The number of esters is 2. The first-order chi connectivity index (χ1) is 28.3. The van der Waals surface area contributed by atoms with Crippen LogP contribution in [0, 0.1) is 32.6 Å². The van der Waals surface area contributed by atoms with Crippen LogP contribution in [0.5, 0.6) is 5.75 Å². The number of carbonyl (C=O) groups is 6. The Morgan fingerprint density at radius 3 is 1.70 bits per heavy atom. The van der Waals surface area contributed by atoms with E-state index in [0.717, 1.165) is 11.6 Å². The molecule has 2 amide bonds. The van der Waals surface area contributed by atoms with Crippen molar-refractivity contribution in [2.75, 3.05) is 10.6 Å². The minimum absolute atomic E-state index is 0.0166. The van der Waals surface area contributed by atoms with Crippen LogP contribution < -0.4 is 10.6 Å². The Kier molecular flexibility index (Phi) is 18.2. The number of alkyl halides is 2. The Morgan fingerprint density at radius 1 is 0.705 bits per heavy atom. The highest BCUT2D eigenvalue weighted by molar-refractivity contribution is 6.43. The third kappa shape index (κ3) is 14.8. The van der Waals surface area contributed by atoms with Gasteiger partial charge in [-0.3, -0.25) is 19.2 Å². The van der Waals surface area contributed by atoms with Crippen LogP contribution in [0.2, 0.25) is 0 Å². The van der Waals surface area contributed by atoms with Crippen molar-refractivity contribution in [3.63, 3.8) is 0 Å². The minimum Gasteiger partial charge on any atom is -0.507 e. The fraction of sp³-hybridized carbons (Fsp3) is 0.500. The summed E-state index contributed by atoms with van der Waals surface area (Å²) in [7, 11) is 0. The van der Waals surface area contributed by atoms with E-state index >= 15 is 0 Å². The number of fused-ring (bicyclic) bond motifs is 3. The van der Waals surface area contributed by atoms with Crippen LogP contribution in [0.1, 0.15) is 98.7 Å². The first kappa shape index (κ1) is 50.7. The van der Waals surface area contributed by atoms with Crippen LogP contribution in [0.3, 0.4) is 0 Å². The molecule has 1 saturated heterocycles. The molecule has 0 spiro atoms. The molecule has 61 heavy (non-hydrogen) atoms. The van der Waals surface area contributed by atoms with Crippen molar-refractivity contribution in [2.24, 2.45) is 11.8 Å². The fourth-order valence-corrected chi connectivity index (χ4v) is 6.39. The Balaban J connectivity index is 0.000000301. The lowest BCUT2D eigenvalue weighted by Gasteiger charge is -2.21. The van der Waals surface area contributed by atoms with E-state index in [9.17, 15) is 44.1 Å². The maximum Gasteiger partial charge on any atom is 0.344 e. The summed E-state index contributed by atoms with van der Waals surface area (Å²) in [6.45, 7) is 17.4. The molecule has 0 saturated carbocycles. The molecule has 2 aromatic rings. The predicted molar refractivity (Wildman–Crippen MR) is 229 cm³/mol. The van der Waals surface area contributed by atoms with E-state index in [1.54, 1.807) is 60.6 Å². The van der Waals surface area contributed by atoms with Gasteiger partial charge in [-0.2, -0.15) is 0 Å². The number of aromatic hydroxyl groups is 1. The Labute approximate surface area is 365 Å². The zero-order valence-electron chi connectivity index (χ0n) is 35.9. The normalized spacial score (nSPS) is 28.2. The van der Waals surface area contributed by atoms with Crippen LogP contribution in [0.4, 0.5) is 11.4 Å². The second-order valence-electron chi connectivity index (χ2n) is 15.8. The van der Waals surface area contributed by atoms with Gasteiger partial charge in [0.25, 0.3) is 0 Å². The number of halogens is 2. The number of benzene rings is 2. The van der Waals surface area contributed by atoms with Gasteiger partial charge < -0.3 is 44.9 Å². The summed E-state index contributed by atoms with van der Waals surface area (Å²) in [6, 6.07) is 6.44. The molecule has 3 aliphatic heterocycles. The van der Waals surface area contributed by atoms with Crippen LogP contribution >= 0.6 is 23.2 Å². The minimum atomic E-state index is -1.76. The van der Waals surface area contributed by atoms with E-state index in [2.05, 4.69) is 10.6 Å². The van der Waals surface area contributed by atoms with E-state index in [4.69, 9.17) is 42.1 Å². The number of hydrogen-bond donors (Lipinski definition) is 5. The molecule has 17 heteroatoms. The lowest BCUT2D eigenvalue weighted by atomic mass is 9.99. The summed E-state index contributed by atoms with van der Waals surface area (Å²) in [5.41, 5.74) is 2.72. The predicted octanol–water partition coefficient (Wildman–Crippen LogP) is 6.35. The number of aliphatic hydroxyl groups excluding tert-OH is 2. The molecule has 0 aromatic heterocycles. The number of nitrogens with one attached hydrogen (secondary N) is 2. The average molecular weight is 892 g/mol. The number of cyclic esters (lactones) is 2. The maximum absolute atomic E-state index is 12.9. The third-order valence-electron chi connectivity index (χ3n) is 9.79. The smallest absolute Gasteiger partial charge is 0.344 e. The highest BCUT2D eigenvalue weighted by Gasteiger charge is 2.45. The van der Waals surface area contributed by atoms with Crippen molar-refractivity contribution in [1.82, 2.24) is 0 Å². The molecule has 1 fully saturated rings. The number of amides is 2. The molecular weight excluding hydrogens is 835 g/mol. The molecule has 3 heterocycles. The Hall–Kier alpha value is -4.64. The summed E-state index contributed by atoms with van der Waals surface area (Å²) in [5.74, 6) is -5.41. The van der Waals surface area contributed by atoms with E-state index in [1.165, 1.54) is 24.3 Å². The monoisotopic (exact) mass is 890 g/mol. The second-order valence-corrected chi connectivity index (χ2v) is 17.3. The van der Waals surface area contributed by atoms with E-state index < -0.39 is 72.5 Å². The van der Waals surface area contributed by atoms with Crippen molar-refractivity contribution >= 4 is 69.9 Å². The number of hydrogen-bond acceptors (Lipinski definition) is 13. The van der Waals surface area contributed by atoms with Gasteiger partial charge in [-0.05, 0) is 102 Å². The number of carbonyl (C=O) groups excluding carboxylic acids is 6. The summed E-state index contributed by atoms with van der Waals surface area (Å²) >= 11 is 10.1. The quantitative estimate of drug-likeness (QED) is 0.144. The molecule has 0 unspecified atom stereocenters. The van der Waals surface area contributed by atoms with Gasteiger partial charge in [-0.15, -0.1) is 23.2 Å². The number of aliphatic hydroxyl groups is 2. The topological polar surface area (TPSA) is 224 Å². The average Bonchev–Trinajstić information content (AvgIpc) is 3.43. The zero-order valence-corrected chi connectivity index (χ0v) is 37.4. The standard InChI is InChI=1S/C23H29NO6.C19H23NO7.C2H4Cl2/c1-12-9-14(3)20-16(10-12)24-19(26)11-18-21(30-23(5,6)29-18)17(25)8-7-13(2)15(4)28-22(20)27;1-9-6-12-17(14(22)7-9)19(26)27-11(3)10(2)4-5-13(21)18(25)15(23)8-16(24)20-12;1-2(3)4/h7-10,13,15,18,21H,11H2,1-6H3,(H,24,26);4-7,10-11,15,18,22-23,25H,8H2,1-3H3,(H,20,24);2H,1H3/b8-7-;5-4-;/t13-,15+,18+,21-;10-,11+,15+,18-;/m11./s1. The molecular formula is C44H56Cl2N2O13. The number of rotatable bonds is 0. The molecule has 3 aliphatic rings. The molecule has 2 aromatic carbocycles. The van der Waals surface area contributed by atoms with Gasteiger partial charge in [-0.25, -0.2) is 9.59 Å². The summed E-state index contributed by atoms with van der Waals surface area (Å²) in [4.78, 5) is 74.8. The first-order valence-corrected chi connectivity index (χ1v) is 20.6. The molecule has 8 atom stereocenters. The number of phenolic OH excluding ortho intramolecular Hbond substituents is 1. The second kappa shape index (κ2) is 21.9. The van der Waals surface area contributed by atoms with Gasteiger partial charge in [0.15, 0.2) is 17.4 Å². The van der Waals surface area contributed by atoms with E-state index in [0.29, 0.717) is 22.4 Å². The van der Waals surface area contributed by atoms with E-state index in [1.807, 2.05) is 26.8 Å². The summed E-state index contributed by atoms with van der Waals surface area (Å²) in [5, 5.41) is 35.2. The molecule has 0 bridgehead atoms. The van der Waals surface area contributed by atoms with Gasteiger partial charge in [0, 0.05) is 11.8 Å². The van der Waals surface area contributed by atoms with Gasteiger partial charge in [0.1, 0.15) is 46.7 Å². The summed E-state index contributed by atoms with van der Waals surface area (Å²) < 4.78 is 22.6. The largest absolute Gasteiger partial charge is 0.507 e.